The Labute approximate surface area is 135 Å². The number of alkyl halides is 3. The molecule has 0 aliphatic carbocycles. The van der Waals surface area contributed by atoms with Crippen LogP contribution in [0, 0.1) is 0 Å². The zero-order valence-electron chi connectivity index (χ0n) is 12.6. The van der Waals surface area contributed by atoms with Gasteiger partial charge in [-0.1, -0.05) is 12.1 Å². The number of anilines is 1. The number of pyridine rings is 1. The number of nitrogens with one attached hydrogen (secondary N) is 1. The highest BCUT2D eigenvalue weighted by atomic mass is 19.4. The average Bonchev–Trinajstić information content (AvgIpc) is 2.54. The highest BCUT2D eigenvalue weighted by molar-refractivity contribution is 6.05. The third-order valence-corrected chi connectivity index (χ3v) is 2.99. The first-order chi connectivity index (χ1) is 11.3. The molecule has 2 aromatic rings. The van der Waals surface area contributed by atoms with Crippen LogP contribution in [0.2, 0.25) is 0 Å². The number of benzene rings is 1. The summed E-state index contributed by atoms with van der Waals surface area (Å²) >= 11 is 0. The van der Waals surface area contributed by atoms with E-state index in [0.29, 0.717) is 0 Å². The number of hydrogen-bond donors (Lipinski definition) is 1. The molecule has 1 aromatic carbocycles. The topological polar surface area (TPSA) is 68.3 Å². The van der Waals surface area contributed by atoms with Crippen molar-refractivity contribution in [1.82, 2.24) is 4.98 Å². The van der Waals surface area contributed by atoms with Crippen LogP contribution in [0.3, 0.4) is 0 Å². The van der Waals surface area contributed by atoms with Crippen LogP contribution in [-0.2, 0) is 10.9 Å². The molecule has 1 aromatic heterocycles. The lowest BCUT2D eigenvalue weighted by atomic mass is 10.1. The molecule has 0 aliphatic heterocycles. The quantitative estimate of drug-likeness (QED) is 0.866. The second-order valence-electron chi connectivity index (χ2n) is 4.65. The lowest BCUT2D eigenvalue weighted by molar-refractivity contribution is -0.137. The Morgan fingerprint density at radius 1 is 1.21 bits per heavy atom. The molecule has 1 amide bonds. The zero-order chi connectivity index (χ0) is 17.7. The summed E-state index contributed by atoms with van der Waals surface area (Å²) in [4.78, 5) is 27.6. The minimum absolute atomic E-state index is 0.0532. The van der Waals surface area contributed by atoms with Gasteiger partial charge in [0.1, 0.15) is 5.82 Å². The number of nitrogens with zero attached hydrogens (tertiary/aromatic N) is 1. The van der Waals surface area contributed by atoms with Crippen molar-refractivity contribution < 1.29 is 27.5 Å². The molecular weight excluding hydrogens is 325 g/mol. The molecule has 24 heavy (non-hydrogen) atoms. The summed E-state index contributed by atoms with van der Waals surface area (Å²) in [5.41, 5.74) is -1.45. The van der Waals surface area contributed by atoms with Gasteiger partial charge in [0.15, 0.2) is 0 Å². The fourth-order valence-electron chi connectivity index (χ4n) is 1.95. The van der Waals surface area contributed by atoms with Gasteiger partial charge in [0.2, 0.25) is 0 Å². The van der Waals surface area contributed by atoms with E-state index in [9.17, 15) is 22.8 Å². The van der Waals surface area contributed by atoms with Gasteiger partial charge in [0.05, 0.1) is 23.3 Å². The van der Waals surface area contributed by atoms with Crippen molar-refractivity contribution in [2.75, 3.05) is 11.9 Å². The fraction of sp³-hybridized carbons (Fsp3) is 0.188. The van der Waals surface area contributed by atoms with Crippen LogP contribution in [0.1, 0.15) is 33.2 Å². The molecule has 0 spiro atoms. The molecule has 0 unspecified atom stereocenters. The van der Waals surface area contributed by atoms with Gasteiger partial charge in [0.25, 0.3) is 5.91 Å². The van der Waals surface area contributed by atoms with Gasteiger partial charge in [-0.3, -0.25) is 4.79 Å². The predicted molar refractivity (Wildman–Crippen MR) is 79.6 cm³/mol. The molecular formula is C16H13F3N2O3. The highest BCUT2D eigenvalue weighted by Gasteiger charge is 2.34. The Hall–Kier alpha value is -2.90. The van der Waals surface area contributed by atoms with E-state index in [4.69, 9.17) is 4.74 Å². The Kier molecular flexibility index (Phi) is 5.18. The SMILES string of the molecule is CCOC(=O)c1ccnc(NC(=O)c2ccccc2C(F)(F)F)c1. The van der Waals surface area contributed by atoms with Gasteiger partial charge in [-0.15, -0.1) is 0 Å². The van der Waals surface area contributed by atoms with Crippen LogP contribution in [0.4, 0.5) is 19.0 Å². The summed E-state index contributed by atoms with van der Waals surface area (Å²) in [5, 5.41) is 2.25. The summed E-state index contributed by atoms with van der Waals surface area (Å²) in [6, 6.07) is 7.00. The largest absolute Gasteiger partial charge is 0.462 e. The van der Waals surface area contributed by atoms with Gasteiger partial charge in [0, 0.05) is 6.20 Å². The third kappa shape index (κ3) is 4.09. The Bertz CT molecular complexity index is 760. The normalized spacial score (nSPS) is 11.0. The fourth-order valence-corrected chi connectivity index (χ4v) is 1.95. The first-order valence-corrected chi connectivity index (χ1v) is 6.93. The molecule has 0 atom stereocenters. The van der Waals surface area contributed by atoms with E-state index in [1.54, 1.807) is 6.92 Å². The summed E-state index contributed by atoms with van der Waals surface area (Å²) in [6.07, 6.45) is -3.41. The van der Waals surface area contributed by atoms with E-state index in [0.717, 1.165) is 12.1 Å². The monoisotopic (exact) mass is 338 g/mol. The van der Waals surface area contributed by atoms with Crippen LogP contribution < -0.4 is 5.32 Å². The van der Waals surface area contributed by atoms with Crippen molar-refractivity contribution in [2.45, 2.75) is 13.1 Å². The maximum Gasteiger partial charge on any atom is 0.417 e. The molecule has 126 valence electrons. The summed E-state index contributed by atoms with van der Waals surface area (Å²) in [6.45, 7) is 1.80. The summed E-state index contributed by atoms with van der Waals surface area (Å²) in [5.74, 6) is -1.65. The van der Waals surface area contributed by atoms with E-state index in [-0.39, 0.29) is 18.0 Å². The lowest BCUT2D eigenvalue weighted by Gasteiger charge is -2.12. The van der Waals surface area contributed by atoms with E-state index in [1.807, 2.05) is 0 Å². The Morgan fingerprint density at radius 3 is 2.58 bits per heavy atom. The van der Waals surface area contributed by atoms with Crippen LogP contribution in [-0.4, -0.2) is 23.5 Å². The van der Waals surface area contributed by atoms with Crippen LogP contribution in [0.25, 0.3) is 0 Å². The molecule has 0 saturated carbocycles. The molecule has 0 saturated heterocycles. The Balaban J connectivity index is 2.25. The number of carbonyl (C=O) groups is 2. The first kappa shape index (κ1) is 17.5. The van der Waals surface area contributed by atoms with Crippen LogP contribution in [0.5, 0.6) is 0 Å². The number of amides is 1. The number of aromatic nitrogens is 1. The second kappa shape index (κ2) is 7.12. The maximum atomic E-state index is 12.9. The van der Waals surface area contributed by atoms with Gasteiger partial charge in [-0.25, -0.2) is 9.78 Å². The molecule has 8 heteroatoms. The number of carbonyl (C=O) groups excluding carboxylic acids is 2. The van der Waals surface area contributed by atoms with Crippen molar-refractivity contribution in [2.24, 2.45) is 0 Å². The first-order valence-electron chi connectivity index (χ1n) is 6.93. The van der Waals surface area contributed by atoms with Crippen LogP contribution in [0.15, 0.2) is 42.6 Å². The molecule has 0 fully saturated rings. The Morgan fingerprint density at radius 2 is 1.92 bits per heavy atom. The van der Waals surface area contributed by atoms with Gasteiger partial charge in [-0.2, -0.15) is 13.2 Å². The van der Waals surface area contributed by atoms with E-state index in [1.165, 1.54) is 30.5 Å². The maximum absolute atomic E-state index is 12.9. The zero-order valence-corrected chi connectivity index (χ0v) is 12.6. The van der Waals surface area contributed by atoms with E-state index >= 15 is 0 Å². The summed E-state index contributed by atoms with van der Waals surface area (Å²) in [7, 11) is 0. The van der Waals surface area contributed by atoms with Gasteiger partial charge >= 0.3 is 12.1 Å². The molecule has 5 nitrogen and oxygen atoms in total. The van der Waals surface area contributed by atoms with Crippen molar-refractivity contribution >= 4 is 17.7 Å². The molecule has 0 bridgehead atoms. The third-order valence-electron chi connectivity index (χ3n) is 2.99. The number of rotatable bonds is 4. The minimum atomic E-state index is -4.66. The molecule has 2 rings (SSSR count). The predicted octanol–water partition coefficient (Wildman–Crippen LogP) is 3.53. The van der Waals surface area contributed by atoms with Crippen molar-refractivity contribution in [3.05, 3.63) is 59.3 Å². The number of hydrogen-bond acceptors (Lipinski definition) is 4. The second-order valence-corrected chi connectivity index (χ2v) is 4.65. The minimum Gasteiger partial charge on any atom is -0.462 e. The van der Waals surface area contributed by atoms with E-state index < -0.39 is 29.2 Å². The van der Waals surface area contributed by atoms with Crippen molar-refractivity contribution in [3.63, 3.8) is 0 Å². The highest BCUT2D eigenvalue weighted by Crippen LogP contribution is 2.32. The summed E-state index contributed by atoms with van der Waals surface area (Å²) < 4.78 is 43.6. The standard InChI is InChI=1S/C16H13F3N2O3/c1-2-24-15(23)10-7-8-20-13(9-10)21-14(22)11-5-3-4-6-12(11)16(17,18)19/h3-9H,2H2,1H3,(H,20,21,22). The lowest BCUT2D eigenvalue weighted by Crippen LogP contribution is -2.19. The number of halogens is 3. The molecule has 0 radical (unpaired) electrons. The molecule has 1 N–H and O–H groups in total. The number of esters is 1. The molecule has 1 heterocycles. The van der Waals surface area contributed by atoms with Crippen molar-refractivity contribution in [1.29, 1.82) is 0 Å². The molecule has 0 aliphatic rings. The van der Waals surface area contributed by atoms with Gasteiger partial charge in [-0.05, 0) is 31.2 Å². The van der Waals surface area contributed by atoms with Crippen molar-refractivity contribution in [3.8, 4) is 0 Å². The average molecular weight is 338 g/mol. The smallest absolute Gasteiger partial charge is 0.417 e. The number of ether oxygens (including phenoxy) is 1. The van der Waals surface area contributed by atoms with Gasteiger partial charge < -0.3 is 10.1 Å². The van der Waals surface area contributed by atoms with Crippen LogP contribution >= 0.6 is 0 Å². The van der Waals surface area contributed by atoms with E-state index in [2.05, 4.69) is 10.3 Å².